The van der Waals surface area contributed by atoms with Crippen LogP contribution in [-0.2, 0) is 0 Å². The number of allylic oxidation sites excluding steroid dienone is 2. The van der Waals surface area contributed by atoms with Crippen LogP contribution in [0.4, 0.5) is 8.78 Å². The number of hydrogen-bond donors (Lipinski definition) is 1. The Balaban J connectivity index is 2.88. The van der Waals surface area contributed by atoms with Crippen molar-refractivity contribution in [1.29, 1.82) is 0 Å². The highest BCUT2D eigenvalue weighted by Crippen LogP contribution is 2.32. The second-order valence-corrected chi connectivity index (χ2v) is 3.49. The van der Waals surface area contributed by atoms with E-state index in [0.29, 0.717) is 0 Å². The highest BCUT2D eigenvalue weighted by Gasteiger charge is 2.26. The zero-order valence-corrected chi connectivity index (χ0v) is 6.53. The van der Waals surface area contributed by atoms with Crippen LogP contribution in [0, 0.1) is 0 Å². The molecule has 0 radical (unpaired) electrons. The SMILES string of the molecule is OC1(Br)C=C(F)C=C(F)C1. The number of aliphatic hydroxyl groups is 1. The first-order valence-corrected chi connectivity index (χ1v) is 3.45. The van der Waals surface area contributed by atoms with Crippen molar-refractivity contribution >= 4 is 15.9 Å². The molecule has 4 heteroatoms. The summed E-state index contributed by atoms with van der Waals surface area (Å²) in [6.45, 7) is 0. The van der Waals surface area contributed by atoms with Crippen LogP contribution in [0.15, 0.2) is 23.8 Å². The van der Waals surface area contributed by atoms with Gasteiger partial charge in [-0.3, -0.25) is 0 Å². The Morgan fingerprint density at radius 2 is 2.20 bits per heavy atom. The average Bonchev–Trinajstić information content (AvgIpc) is 1.54. The van der Waals surface area contributed by atoms with Crippen LogP contribution in [0.25, 0.3) is 0 Å². The van der Waals surface area contributed by atoms with Crippen LogP contribution in [0.5, 0.6) is 0 Å². The van der Waals surface area contributed by atoms with Gasteiger partial charge in [0.2, 0.25) is 0 Å². The van der Waals surface area contributed by atoms with E-state index in [4.69, 9.17) is 5.11 Å². The smallest absolute Gasteiger partial charge is 0.147 e. The molecule has 1 aliphatic carbocycles. The van der Waals surface area contributed by atoms with Crippen molar-refractivity contribution in [3.63, 3.8) is 0 Å². The monoisotopic (exact) mass is 210 g/mol. The molecule has 0 heterocycles. The van der Waals surface area contributed by atoms with Gasteiger partial charge < -0.3 is 5.11 Å². The molecule has 0 aromatic rings. The summed E-state index contributed by atoms with van der Waals surface area (Å²) in [5.74, 6) is -1.43. The minimum absolute atomic E-state index is 0.222. The van der Waals surface area contributed by atoms with Crippen molar-refractivity contribution in [3.8, 4) is 0 Å². The van der Waals surface area contributed by atoms with Crippen molar-refractivity contribution in [2.75, 3.05) is 0 Å². The molecule has 1 atom stereocenters. The Bertz CT molecular complexity index is 208. The zero-order valence-electron chi connectivity index (χ0n) is 4.94. The molecule has 1 nitrogen and oxygen atoms in total. The standard InChI is InChI=1S/C6H5BrF2O/c7-6(10)2-4(8)1-5(9)3-6/h1-2,10H,3H2. The van der Waals surface area contributed by atoms with Crippen molar-refractivity contribution in [1.82, 2.24) is 0 Å². The molecule has 1 rings (SSSR count). The van der Waals surface area contributed by atoms with Crippen LogP contribution in [0.3, 0.4) is 0 Å². The average molecular weight is 211 g/mol. The highest BCUT2D eigenvalue weighted by atomic mass is 79.9. The van der Waals surface area contributed by atoms with E-state index in [2.05, 4.69) is 15.9 Å². The van der Waals surface area contributed by atoms with Gasteiger partial charge in [0, 0.05) is 12.5 Å². The maximum atomic E-state index is 12.3. The molecular weight excluding hydrogens is 206 g/mol. The molecule has 1 N–H and O–H groups in total. The molecule has 0 spiro atoms. The van der Waals surface area contributed by atoms with E-state index in [-0.39, 0.29) is 6.42 Å². The number of alkyl halides is 1. The first-order chi connectivity index (χ1) is 4.49. The number of halogens is 3. The largest absolute Gasteiger partial charge is 0.375 e. The fourth-order valence-electron chi connectivity index (χ4n) is 0.741. The van der Waals surface area contributed by atoms with Gasteiger partial charge in [0.15, 0.2) is 0 Å². The van der Waals surface area contributed by atoms with Gasteiger partial charge in [0.1, 0.15) is 16.2 Å². The third-order valence-corrected chi connectivity index (χ3v) is 1.58. The van der Waals surface area contributed by atoms with E-state index in [0.717, 1.165) is 12.2 Å². The second-order valence-electron chi connectivity index (χ2n) is 2.12. The molecular formula is C6H5BrF2O. The molecule has 1 aliphatic rings. The quantitative estimate of drug-likeness (QED) is 0.608. The Morgan fingerprint density at radius 3 is 2.60 bits per heavy atom. The summed E-state index contributed by atoms with van der Waals surface area (Å²) in [6.07, 6.45) is 1.44. The molecule has 0 aliphatic heterocycles. The fraction of sp³-hybridized carbons (Fsp3) is 0.333. The molecule has 56 valence electrons. The lowest BCUT2D eigenvalue weighted by Gasteiger charge is -2.18. The van der Waals surface area contributed by atoms with Crippen LogP contribution >= 0.6 is 15.9 Å². The highest BCUT2D eigenvalue weighted by molar-refractivity contribution is 9.10. The maximum absolute atomic E-state index is 12.3. The van der Waals surface area contributed by atoms with Gasteiger partial charge in [0.25, 0.3) is 0 Å². The van der Waals surface area contributed by atoms with Gasteiger partial charge in [0.05, 0.1) is 0 Å². The molecule has 0 aromatic heterocycles. The molecule has 0 aromatic carbocycles. The zero-order chi connectivity index (χ0) is 7.78. The summed E-state index contributed by atoms with van der Waals surface area (Å²) in [7, 11) is 0. The first kappa shape index (κ1) is 7.88. The van der Waals surface area contributed by atoms with Crippen LogP contribution < -0.4 is 0 Å². The molecule has 1 unspecified atom stereocenters. The van der Waals surface area contributed by atoms with Crippen molar-refractivity contribution < 1.29 is 13.9 Å². The molecule has 0 fully saturated rings. The van der Waals surface area contributed by atoms with E-state index in [1.165, 1.54) is 0 Å². The third-order valence-electron chi connectivity index (χ3n) is 1.07. The molecule has 0 bridgehead atoms. The minimum Gasteiger partial charge on any atom is -0.375 e. The maximum Gasteiger partial charge on any atom is 0.147 e. The van der Waals surface area contributed by atoms with Crippen molar-refractivity contribution in [3.05, 3.63) is 23.8 Å². The first-order valence-electron chi connectivity index (χ1n) is 2.65. The minimum atomic E-state index is -1.55. The van der Waals surface area contributed by atoms with Gasteiger partial charge in [-0.15, -0.1) is 0 Å². The molecule has 0 saturated heterocycles. The van der Waals surface area contributed by atoms with Crippen LogP contribution in [-0.4, -0.2) is 9.62 Å². The van der Waals surface area contributed by atoms with E-state index in [9.17, 15) is 8.78 Å². The van der Waals surface area contributed by atoms with Gasteiger partial charge in [-0.2, -0.15) is 0 Å². The fourth-order valence-corrected chi connectivity index (χ4v) is 1.23. The van der Waals surface area contributed by atoms with Crippen molar-refractivity contribution in [2.24, 2.45) is 0 Å². The van der Waals surface area contributed by atoms with E-state index in [1.54, 1.807) is 0 Å². The Kier molecular flexibility index (Phi) is 1.92. The normalized spacial score (nSPS) is 33.2. The number of hydrogen-bond acceptors (Lipinski definition) is 1. The number of rotatable bonds is 0. The Hall–Kier alpha value is -0.220. The summed E-state index contributed by atoms with van der Waals surface area (Å²) >= 11 is 2.73. The predicted molar refractivity (Wildman–Crippen MR) is 36.9 cm³/mol. The Labute approximate surface area is 65.2 Å². The summed E-state index contributed by atoms with van der Waals surface area (Å²) in [5.41, 5.74) is 0. The predicted octanol–water partition coefficient (Wildman–Crippen LogP) is 2.18. The second kappa shape index (κ2) is 2.43. The molecule has 0 saturated carbocycles. The van der Waals surface area contributed by atoms with Gasteiger partial charge in [-0.05, 0) is 22.0 Å². The summed E-state index contributed by atoms with van der Waals surface area (Å²) in [6, 6.07) is 0. The lowest BCUT2D eigenvalue weighted by molar-refractivity contribution is 0.182. The van der Waals surface area contributed by atoms with Crippen LogP contribution in [0.1, 0.15) is 6.42 Å². The summed E-state index contributed by atoms with van der Waals surface area (Å²) in [4.78, 5) is 0. The van der Waals surface area contributed by atoms with E-state index < -0.39 is 16.2 Å². The van der Waals surface area contributed by atoms with E-state index >= 15 is 0 Å². The van der Waals surface area contributed by atoms with Crippen molar-refractivity contribution in [2.45, 2.75) is 10.9 Å². The topological polar surface area (TPSA) is 20.2 Å². The third kappa shape index (κ3) is 1.88. The van der Waals surface area contributed by atoms with Gasteiger partial charge in [-0.1, -0.05) is 0 Å². The molecule has 10 heavy (non-hydrogen) atoms. The van der Waals surface area contributed by atoms with Gasteiger partial charge in [-0.25, -0.2) is 8.78 Å². The van der Waals surface area contributed by atoms with Gasteiger partial charge >= 0.3 is 0 Å². The lowest BCUT2D eigenvalue weighted by atomic mass is 10.1. The van der Waals surface area contributed by atoms with Crippen LogP contribution in [0.2, 0.25) is 0 Å². The lowest BCUT2D eigenvalue weighted by Crippen LogP contribution is -2.19. The van der Waals surface area contributed by atoms with E-state index in [1.807, 2.05) is 0 Å². The summed E-state index contributed by atoms with van der Waals surface area (Å²) < 4.78 is 23.1. The Morgan fingerprint density at radius 1 is 1.60 bits per heavy atom. The molecule has 0 amide bonds. The summed E-state index contributed by atoms with van der Waals surface area (Å²) in [5, 5.41) is 9.03.